The van der Waals surface area contributed by atoms with Gasteiger partial charge in [-0.2, -0.15) is 0 Å². The summed E-state index contributed by atoms with van der Waals surface area (Å²) in [5, 5.41) is 0. The van der Waals surface area contributed by atoms with Crippen LogP contribution in [0.5, 0.6) is 0 Å². The number of anilines is 1. The number of rotatable bonds is 4. The van der Waals surface area contributed by atoms with Gasteiger partial charge in [0, 0.05) is 38.3 Å². The van der Waals surface area contributed by atoms with Gasteiger partial charge in [-0.1, -0.05) is 12.1 Å². The van der Waals surface area contributed by atoms with Gasteiger partial charge in [0.05, 0.1) is 0 Å². The topological polar surface area (TPSA) is 23.6 Å². The van der Waals surface area contributed by atoms with E-state index >= 15 is 0 Å². The molecule has 0 N–H and O–H groups in total. The highest BCUT2D eigenvalue weighted by molar-refractivity contribution is 5.76. The SMILES string of the molecule is O=C(CCc1ccc(N2CCCC2)cc1)N1CCCC1. The largest absolute Gasteiger partial charge is 0.372 e. The van der Waals surface area contributed by atoms with Crippen molar-refractivity contribution in [3.8, 4) is 0 Å². The highest BCUT2D eigenvalue weighted by Gasteiger charge is 2.17. The van der Waals surface area contributed by atoms with Crippen molar-refractivity contribution in [2.75, 3.05) is 31.1 Å². The zero-order valence-corrected chi connectivity index (χ0v) is 12.2. The van der Waals surface area contributed by atoms with E-state index in [1.54, 1.807) is 0 Å². The average molecular weight is 272 g/mol. The number of hydrogen-bond acceptors (Lipinski definition) is 2. The molecule has 0 aromatic heterocycles. The van der Waals surface area contributed by atoms with Crippen LogP contribution in [0.15, 0.2) is 24.3 Å². The monoisotopic (exact) mass is 272 g/mol. The summed E-state index contributed by atoms with van der Waals surface area (Å²) >= 11 is 0. The lowest BCUT2D eigenvalue weighted by Crippen LogP contribution is -2.27. The molecule has 2 saturated heterocycles. The molecule has 1 aromatic rings. The molecule has 2 heterocycles. The Bertz CT molecular complexity index is 443. The number of hydrogen-bond donors (Lipinski definition) is 0. The van der Waals surface area contributed by atoms with E-state index in [-0.39, 0.29) is 0 Å². The Balaban J connectivity index is 1.51. The third-order valence-electron chi connectivity index (χ3n) is 4.49. The molecule has 0 radical (unpaired) electrons. The third-order valence-corrected chi connectivity index (χ3v) is 4.49. The predicted molar refractivity (Wildman–Crippen MR) is 82.0 cm³/mol. The minimum Gasteiger partial charge on any atom is -0.372 e. The van der Waals surface area contributed by atoms with Crippen molar-refractivity contribution in [2.24, 2.45) is 0 Å². The van der Waals surface area contributed by atoms with Crippen LogP contribution < -0.4 is 4.90 Å². The van der Waals surface area contributed by atoms with Crippen molar-refractivity contribution in [2.45, 2.75) is 38.5 Å². The van der Waals surface area contributed by atoms with Crippen LogP contribution in [-0.4, -0.2) is 37.0 Å². The molecule has 2 aliphatic rings. The fraction of sp³-hybridized carbons (Fsp3) is 0.588. The molecule has 0 spiro atoms. The molecule has 0 saturated carbocycles. The number of carbonyl (C=O) groups excluding carboxylic acids is 1. The Labute approximate surface area is 121 Å². The molecule has 20 heavy (non-hydrogen) atoms. The van der Waals surface area contributed by atoms with Gasteiger partial charge in [-0.15, -0.1) is 0 Å². The molecule has 0 bridgehead atoms. The molecule has 1 amide bonds. The molecule has 0 atom stereocenters. The summed E-state index contributed by atoms with van der Waals surface area (Å²) in [7, 11) is 0. The molecule has 0 unspecified atom stereocenters. The Morgan fingerprint density at radius 2 is 1.50 bits per heavy atom. The third kappa shape index (κ3) is 3.14. The number of nitrogens with zero attached hydrogens (tertiary/aromatic N) is 2. The number of aryl methyl sites for hydroxylation is 1. The van der Waals surface area contributed by atoms with E-state index in [4.69, 9.17) is 0 Å². The van der Waals surface area contributed by atoms with Crippen LogP contribution in [0.4, 0.5) is 5.69 Å². The molecule has 108 valence electrons. The summed E-state index contributed by atoms with van der Waals surface area (Å²) in [5.41, 5.74) is 2.61. The van der Waals surface area contributed by atoms with Gasteiger partial charge in [0.15, 0.2) is 0 Å². The smallest absolute Gasteiger partial charge is 0.222 e. The molecular formula is C17H24N2O. The fourth-order valence-electron chi connectivity index (χ4n) is 3.22. The standard InChI is InChI=1S/C17H24N2O/c20-17(19-13-3-4-14-19)10-7-15-5-8-16(9-6-15)18-11-1-2-12-18/h5-6,8-9H,1-4,7,10-14H2. The lowest BCUT2D eigenvalue weighted by atomic mass is 10.1. The van der Waals surface area contributed by atoms with E-state index < -0.39 is 0 Å². The van der Waals surface area contributed by atoms with Gasteiger partial charge in [0.2, 0.25) is 5.91 Å². The first-order valence-corrected chi connectivity index (χ1v) is 7.94. The van der Waals surface area contributed by atoms with Crippen LogP contribution in [0.2, 0.25) is 0 Å². The highest BCUT2D eigenvalue weighted by Crippen LogP contribution is 2.21. The van der Waals surface area contributed by atoms with Crippen molar-refractivity contribution in [3.63, 3.8) is 0 Å². The first-order chi connectivity index (χ1) is 9.83. The van der Waals surface area contributed by atoms with Crippen LogP contribution in [0, 0.1) is 0 Å². The van der Waals surface area contributed by atoms with Crippen molar-refractivity contribution >= 4 is 11.6 Å². The van der Waals surface area contributed by atoms with Crippen molar-refractivity contribution < 1.29 is 4.79 Å². The number of likely N-dealkylation sites (tertiary alicyclic amines) is 1. The highest BCUT2D eigenvalue weighted by atomic mass is 16.2. The molecule has 2 fully saturated rings. The van der Waals surface area contributed by atoms with Gasteiger partial charge in [0.1, 0.15) is 0 Å². The van der Waals surface area contributed by atoms with Crippen LogP contribution in [0.3, 0.4) is 0 Å². The van der Waals surface area contributed by atoms with Crippen LogP contribution in [0.25, 0.3) is 0 Å². The first kappa shape index (κ1) is 13.5. The summed E-state index contributed by atoms with van der Waals surface area (Å²) in [6.45, 7) is 4.30. The Kier molecular flexibility index (Phi) is 4.24. The molecule has 3 rings (SSSR count). The Morgan fingerprint density at radius 3 is 2.15 bits per heavy atom. The van der Waals surface area contributed by atoms with Gasteiger partial charge < -0.3 is 9.80 Å². The maximum atomic E-state index is 12.0. The molecule has 2 aliphatic heterocycles. The van der Waals surface area contributed by atoms with E-state index in [1.165, 1.54) is 50.0 Å². The molecular weight excluding hydrogens is 248 g/mol. The zero-order chi connectivity index (χ0) is 13.8. The van der Waals surface area contributed by atoms with E-state index in [9.17, 15) is 4.79 Å². The summed E-state index contributed by atoms with van der Waals surface area (Å²) in [6.07, 6.45) is 6.50. The second-order valence-electron chi connectivity index (χ2n) is 5.95. The van der Waals surface area contributed by atoms with Gasteiger partial charge >= 0.3 is 0 Å². The lowest BCUT2D eigenvalue weighted by molar-refractivity contribution is -0.130. The zero-order valence-electron chi connectivity index (χ0n) is 12.2. The van der Waals surface area contributed by atoms with Crippen LogP contribution >= 0.6 is 0 Å². The normalized spacial score (nSPS) is 18.8. The quantitative estimate of drug-likeness (QED) is 0.841. The summed E-state index contributed by atoms with van der Waals surface area (Å²) < 4.78 is 0. The summed E-state index contributed by atoms with van der Waals surface area (Å²) in [6, 6.07) is 8.79. The fourth-order valence-corrected chi connectivity index (χ4v) is 3.22. The minimum absolute atomic E-state index is 0.325. The second kappa shape index (κ2) is 6.29. The molecule has 3 heteroatoms. The van der Waals surface area contributed by atoms with Crippen molar-refractivity contribution in [1.82, 2.24) is 4.90 Å². The maximum absolute atomic E-state index is 12.0. The molecule has 1 aromatic carbocycles. The Morgan fingerprint density at radius 1 is 0.900 bits per heavy atom. The van der Waals surface area contributed by atoms with Gasteiger partial charge in [0.25, 0.3) is 0 Å². The molecule has 0 aliphatic carbocycles. The van der Waals surface area contributed by atoms with Gasteiger partial charge in [-0.25, -0.2) is 0 Å². The lowest BCUT2D eigenvalue weighted by Gasteiger charge is -2.18. The average Bonchev–Trinajstić information content (AvgIpc) is 3.18. The number of amides is 1. The van der Waals surface area contributed by atoms with E-state index in [0.717, 1.165) is 19.5 Å². The molecule has 3 nitrogen and oxygen atoms in total. The second-order valence-corrected chi connectivity index (χ2v) is 5.95. The van der Waals surface area contributed by atoms with E-state index in [0.29, 0.717) is 12.3 Å². The summed E-state index contributed by atoms with van der Waals surface area (Å²) in [5.74, 6) is 0.325. The Hall–Kier alpha value is -1.51. The van der Waals surface area contributed by atoms with E-state index in [1.807, 2.05) is 4.90 Å². The predicted octanol–water partition coefficient (Wildman–Crippen LogP) is 2.84. The van der Waals surface area contributed by atoms with Crippen LogP contribution in [-0.2, 0) is 11.2 Å². The van der Waals surface area contributed by atoms with Crippen molar-refractivity contribution in [1.29, 1.82) is 0 Å². The van der Waals surface area contributed by atoms with Gasteiger partial charge in [-0.3, -0.25) is 4.79 Å². The van der Waals surface area contributed by atoms with E-state index in [2.05, 4.69) is 29.2 Å². The maximum Gasteiger partial charge on any atom is 0.222 e. The first-order valence-electron chi connectivity index (χ1n) is 7.94. The summed E-state index contributed by atoms with van der Waals surface area (Å²) in [4.78, 5) is 16.5. The number of carbonyl (C=O) groups is 1. The van der Waals surface area contributed by atoms with Crippen molar-refractivity contribution in [3.05, 3.63) is 29.8 Å². The van der Waals surface area contributed by atoms with Gasteiger partial charge in [-0.05, 0) is 49.8 Å². The minimum atomic E-state index is 0.325. The van der Waals surface area contributed by atoms with Crippen LogP contribution in [0.1, 0.15) is 37.7 Å². The number of benzene rings is 1.